The minimum atomic E-state index is -1.22. The van der Waals surface area contributed by atoms with Gasteiger partial charge in [0.05, 0.1) is 22.7 Å². The number of anilines is 1. The number of halogens is 2. The van der Waals surface area contributed by atoms with E-state index in [2.05, 4.69) is 0 Å². The highest BCUT2D eigenvalue weighted by atomic mass is 35.5. The van der Waals surface area contributed by atoms with E-state index < -0.39 is 11.5 Å². The first-order valence-corrected chi connectivity index (χ1v) is 8.21. The molecule has 2 aliphatic rings. The number of aliphatic hydroxyl groups excluding tert-OH is 1. The molecule has 0 bridgehead atoms. The summed E-state index contributed by atoms with van der Waals surface area (Å²) in [7, 11) is 1.22. The van der Waals surface area contributed by atoms with Crippen LogP contribution in [0.25, 0.3) is 0 Å². The quantitative estimate of drug-likeness (QED) is 0.746. The highest BCUT2D eigenvalue weighted by Crippen LogP contribution is 2.47. The normalized spacial score (nSPS) is 21.8. The molecule has 0 spiro atoms. The van der Waals surface area contributed by atoms with Gasteiger partial charge in [0, 0.05) is 11.3 Å². The van der Waals surface area contributed by atoms with E-state index in [4.69, 9.17) is 33.3 Å². The minimum Gasteiger partial charge on any atom is -0.508 e. The second-order valence-electron chi connectivity index (χ2n) is 5.87. The predicted octanol–water partition coefficient (Wildman–Crippen LogP) is 3.92. The van der Waals surface area contributed by atoms with Crippen molar-refractivity contribution in [3.63, 3.8) is 0 Å². The number of hydrogen-bond acceptors (Lipinski definition) is 5. The third-order valence-corrected chi connectivity index (χ3v) is 5.23. The van der Waals surface area contributed by atoms with Crippen LogP contribution in [0.1, 0.15) is 6.92 Å². The summed E-state index contributed by atoms with van der Waals surface area (Å²) < 4.78 is 4.85. The van der Waals surface area contributed by atoms with Gasteiger partial charge in [0.1, 0.15) is 28.8 Å². The zero-order chi connectivity index (χ0) is 19.2. The summed E-state index contributed by atoms with van der Waals surface area (Å²) >= 11 is 12.1. The van der Waals surface area contributed by atoms with Gasteiger partial charge in [-0.15, -0.1) is 0 Å². The molecular weight excluding hydrogens is 377 g/mol. The van der Waals surface area contributed by atoms with Crippen molar-refractivity contribution in [1.29, 1.82) is 10.7 Å². The monoisotopic (exact) mass is 389 g/mol. The summed E-state index contributed by atoms with van der Waals surface area (Å²) in [6.07, 6.45) is 2.64. The van der Waals surface area contributed by atoms with Gasteiger partial charge in [-0.05, 0) is 37.3 Å². The number of fused-ring (bicyclic) bond motifs is 1. The molecule has 1 aliphatic carbocycles. The number of rotatable bonds is 2. The number of nitrogens with zero attached hydrogens (tertiary/aromatic N) is 2. The fourth-order valence-electron chi connectivity index (χ4n) is 3.28. The minimum absolute atomic E-state index is 0.0413. The number of nitrogens with one attached hydrogen (secondary N) is 1. The summed E-state index contributed by atoms with van der Waals surface area (Å²) in [4.78, 5) is 13.9. The summed E-state index contributed by atoms with van der Waals surface area (Å²) in [5.74, 6) is -1.000. The molecule has 1 heterocycles. The zero-order valence-electron chi connectivity index (χ0n) is 13.8. The van der Waals surface area contributed by atoms with E-state index in [-0.39, 0.29) is 27.8 Å². The fraction of sp³-hybridized carbons (Fsp3) is 0.167. The van der Waals surface area contributed by atoms with Crippen molar-refractivity contribution in [2.24, 2.45) is 0 Å². The number of carbonyl (C=O) groups is 1. The Bertz CT molecular complexity index is 988. The largest absolute Gasteiger partial charge is 0.508 e. The Morgan fingerprint density at radius 2 is 2.04 bits per heavy atom. The number of esters is 1. The lowest BCUT2D eigenvalue weighted by Gasteiger charge is -2.40. The number of allylic oxidation sites excluding steroid dienone is 1. The Labute approximate surface area is 159 Å². The molecular formula is C18H13Cl2N3O3. The molecule has 0 radical (unpaired) electrons. The van der Waals surface area contributed by atoms with Crippen molar-refractivity contribution in [2.45, 2.75) is 12.5 Å². The SMILES string of the molecule is COC(=O)C1=CC(O)=CC2=C(C#N)C(=N)N(c3ccc(Cl)c(Cl)c3)C12C. The van der Waals surface area contributed by atoms with Gasteiger partial charge in [0.25, 0.3) is 0 Å². The molecule has 8 heteroatoms. The molecule has 3 rings (SSSR count). The number of ether oxygens (including phenoxy) is 1. The second-order valence-corrected chi connectivity index (χ2v) is 6.69. The first-order chi connectivity index (χ1) is 12.2. The van der Waals surface area contributed by atoms with E-state index in [1.165, 1.54) is 24.2 Å². The first-order valence-electron chi connectivity index (χ1n) is 7.46. The summed E-state index contributed by atoms with van der Waals surface area (Å²) in [5.41, 5.74) is -0.287. The van der Waals surface area contributed by atoms with E-state index in [9.17, 15) is 15.2 Å². The van der Waals surface area contributed by atoms with E-state index in [1.54, 1.807) is 25.1 Å². The van der Waals surface area contributed by atoms with Gasteiger partial charge in [-0.25, -0.2) is 4.79 Å². The van der Waals surface area contributed by atoms with Crippen molar-refractivity contribution >= 4 is 40.7 Å². The van der Waals surface area contributed by atoms with Crippen LogP contribution < -0.4 is 4.90 Å². The molecule has 132 valence electrons. The second kappa shape index (κ2) is 6.20. The van der Waals surface area contributed by atoms with Gasteiger partial charge in [-0.3, -0.25) is 5.41 Å². The molecule has 0 amide bonds. The third kappa shape index (κ3) is 2.40. The molecule has 1 atom stereocenters. The molecule has 1 aromatic rings. The van der Waals surface area contributed by atoms with Crippen LogP contribution in [0.2, 0.25) is 10.0 Å². The number of aliphatic hydroxyl groups is 1. The van der Waals surface area contributed by atoms with Gasteiger partial charge in [-0.1, -0.05) is 23.2 Å². The van der Waals surface area contributed by atoms with E-state index in [1.807, 2.05) is 6.07 Å². The van der Waals surface area contributed by atoms with Crippen LogP contribution >= 0.6 is 23.2 Å². The standard InChI is InChI=1S/C18H13Cl2N3O3/c1-18-12(6-10(24)7-13(18)17(25)26-2)11(8-21)16(22)23(18)9-3-4-14(19)15(20)5-9/h3-7,22,24H,1-2H3. The molecule has 2 N–H and O–H groups in total. The smallest absolute Gasteiger partial charge is 0.336 e. The summed E-state index contributed by atoms with van der Waals surface area (Å²) in [6.45, 7) is 1.68. The number of methoxy groups -OCH3 is 1. The Kier molecular flexibility index (Phi) is 4.31. The summed E-state index contributed by atoms with van der Waals surface area (Å²) in [6, 6.07) is 6.74. The maximum absolute atomic E-state index is 12.4. The highest BCUT2D eigenvalue weighted by molar-refractivity contribution is 6.42. The maximum atomic E-state index is 12.4. The van der Waals surface area contributed by atoms with Gasteiger partial charge in [0.2, 0.25) is 0 Å². The molecule has 0 fully saturated rings. The van der Waals surface area contributed by atoms with Gasteiger partial charge in [0.15, 0.2) is 0 Å². The molecule has 1 unspecified atom stereocenters. The van der Waals surface area contributed by atoms with Crippen molar-refractivity contribution < 1.29 is 14.6 Å². The van der Waals surface area contributed by atoms with Gasteiger partial charge in [-0.2, -0.15) is 5.26 Å². The van der Waals surface area contributed by atoms with Crippen molar-refractivity contribution in [2.75, 3.05) is 12.0 Å². The Balaban J connectivity index is 2.30. The first kappa shape index (κ1) is 18.1. The highest BCUT2D eigenvalue weighted by Gasteiger charge is 2.53. The molecule has 0 aromatic heterocycles. The van der Waals surface area contributed by atoms with E-state index in [0.717, 1.165) is 0 Å². The van der Waals surface area contributed by atoms with Crippen LogP contribution in [0.5, 0.6) is 0 Å². The average Bonchev–Trinajstić information content (AvgIpc) is 2.82. The molecule has 0 saturated carbocycles. The van der Waals surface area contributed by atoms with Crippen LogP contribution in [0.15, 0.2) is 52.8 Å². The number of carbonyl (C=O) groups excluding carboxylic acids is 1. The number of hydrogen-bond donors (Lipinski definition) is 2. The van der Waals surface area contributed by atoms with Crippen LogP contribution in [0, 0.1) is 16.7 Å². The van der Waals surface area contributed by atoms with Crippen LogP contribution in [-0.2, 0) is 9.53 Å². The van der Waals surface area contributed by atoms with E-state index >= 15 is 0 Å². The van der Waals surface area contributed by atoms with Crippen molar-refractivity contribution in [1.82, 2.24) is 0 Å². The van der Waals surface area contributed by atoms with Crippen LogP contribution in [0.3, 0.4) is 0 Å². The van der Waals surface area contributed by atoms with Crippen LogP contribution in [0.4, 0.5) is 5.69 Å². The number of amidine groups is 1. The molecule has 1 aromatic carbocycles. The number of benzene rings is 1. The molecule has 26 heavy (non-hydrogen) atoms. The third-order valence-electron chi connectivity index (χ3n) is 4.49. The zero-order valence-corrected chi connectivity index (χ0v) is 15.3. The van der Waals surface area contributed by atoms with E-state index in [0.29, 0.717) is 16.3 Å². The van der Waals surface area contributed by atoms with Gasteiger partial charge < -0.3 is 14.7 Å². The number of nitriles is 1. The maximum Gasteiger partial charge on any atom is 0.336 e. The lowest BCUT2D eigenvalue weighted by Crippen LogP contribution is -2.50. The lowest BCUT2D eigenvalue weighted by molar-refractivity contribution is -0.136. The lowest BCUT2D eigenvalue weighted by atomic mass is 9.79. The Hall–Kier alpha value is -2.75. The molecule has 1 aliphatic heterocycles. The molecule has 0 saturated heterocycles. The fourth-order valence-corrected chi connectivity index (χ4v) is 3.57. The van der Waals surface area contributed by atoms with Gasteiger partial charge >= 0.3 is 5.97 Å². The topological polar surface area (TPSA) is 97.4 Å². The predicted molar refractivity (Wildman–Crippen MR) is 98.5 cm³/mol. The van der Waals surface area contributed by atoms with Crippen molar-refractivity contribution in [3.05, 3.63) is 62.9 Å². The van der Waals surface area contributed by atoms with Crippen molar-refractivity contribution in [3.8, 4) is 6.07 Å². The Morgan fingerprint density at radius 1 is 1.35 bits per heavy atom. The Morgan fingerprint density at radius 3 is 2.62 bits per heavy atom. The average molecular weight is 390 g/mol. The van der Waals surface area contributed by atoms with Crippen LogP contribution in [-0.4, -0.2) is 29.6 Å². The molecule has 6 nitrogen and oxygen atoms in total. The summed E-state index contributed by atoms with van der Waals surface area (Å²) in [5, 5.41) is 28.7.